The number of nitrogens with two attached hydrogens (primary N) is 2. The predicted molar refractivity (Wildman–Crippen MR) is 30.7 cm³/mol. The lowest BCUT2D eigenvalue weighted by Gasteiger charge is -2.20. The summed E-state index contributed by atoms with van der Waals surface area (Å²) in [6.45, 7) is 2.30. The first-order chi connectivity index (χ1) is 3.12. The van der Waals surface area contributed by atoms with Crippen LogP contribution in [0.1, 0.15) is 6.92 Å². The molecule has 0 fully saturated rings. The van der Waals surface area contributed by atoms with Crippen LogP contribution in [0.3, 0.4) is 0 Å². The number of likely N-dealkylation sites (N-methyl/N-ethyl adjacent to an activating group) is 1. The van der Waals surface area contributed by atoms with Gasteiger partial charge in [0.05, 0.1) is 5.66 Å². The van der Waals surface area contributed by atoms with E-state index in [1.807, 2.05) is 6.92 Å². The Bertz CT molecular complexity index is 44.9. The summed E-state index contributed by atoms with van der Waals surface area (Å²) in [5.41, 5.74) is 10.3. The summed E-state index contributed by atoms with van der Waals surface area (Å²) < 4.78 is 0. The Labute approximate surface area is 44.1 Å². The topological polar surface area (TPSA) is 64.1 Å². The van der Waals surface area contributed by atoms with Gasteiger partial charge in [0.2, 0.25) is 0 Å². The maximum atomic E-state index is 5.48. The molecule has 0 aromatic rings. The lowest BCUT2D eigenvalue weighted by atomic mass is 10.2. The van der Waals surface area contributed by atoms with E-state index in [9.17, 15) is 0 Å². The zero-order chi connectivity index (χ0) is 5.91. The van der Waals surface area contributed by atoms with Gasteiger partial charge in [-0.05, 0) is 14.0 Å². The first-order valence-electron chi connectivity index (χ1n) is 2.30. The normalized spacial score (nSPS) is 18.9. The zero-order valence-electron chi connectivity index (χ0n) is 4.86. The maximum absolute atomic E-state index is 5.48. The van der Waals surface area contributed by atoms with Gasteiger partial charge < -0.3 is 16.8 Å². The van der Waals surface area contributed by atoms with E-state index in [2.05, 4.69) is 5.32 Å². The highest BCUT2D eigenvalue weighted by atomic mass is 15.1. The molecule has 5 N–H and O–H groups in total. The third-order valence-corrected chi connectivity index (χ3v) is 0.995. The van der Waals surface area contributed by atoms with Crippen LogP contribution in [0.5, 0.6) is 0 Å². The fourth-order valence-corrected chi connectivity index (χ4v) is 0.102. The molecule has 44 valence electrons. The second-order valence-corrected chi connectivity index (χ2v) is 1.87. The quantitative estimate of drug-likeness (QED) is 0.386. The lowest BCUT2D eigenvalue weighted by Crippen LogP contribution is -2.54. The van der Waals surface area contributed by atoms with Crippen molar-refractivity contribution in [2.45, 2.75) is 12.6 Å². The van der Waals surface area contributed by atoms with Crippen LogP contribution in [0.25, 0.3) is 0 Å². The molecule has 0 rings (SSSR count). The number of hydrogen-bond donors (Lipinski definition) is 3. The molecule has 0 amide bonds. The molecule has 0 aliphatic rings. The number of nitrogens with one attached hydrogen (secondary N) is 1. The van der Waals surface area contributed by atoms with Crippen molar-refractivity contribution in [3.05, 3.63) is 0 Å². The molecule has 0 bridgehead atoms. The van der Waals surface area contributed by atoms with Crippen LogP contribution in [-0.2, 0) is 0 Å². The van der Waals surface area contributed by atoms with E-state index < -0.39 is 0 Å². The van der Waals surface area contributed by atoms with Gasteiger partial charge in [0, 0.05) is 6.54 Å². The Balaban J connectivity index is 3.36. The summed E-state index contributed by atoms with van der Waals surface area (Å²) in [7, 11) is 1.78. The van der Waals surface area contributed by atoms with Crippen molar-refractivity contribution < 1.29 is 0 Å². The van der Waals surface area contributed by atoms with Crippen LogP contribution < -0.4 is 16.8 Å². The molecule has 0 aliphatic heterocycles. The van der Waals surface area contributed by atoms with Gasteiger partial charge in [0.25, 0.3) is 0 Å². The SMILES string of the molecule is CN[C@@](C)(N)CN. The molecule has 0 heterocycles. The standard InChI is InChI=1S/C4H13N3/c1-4(6,3-5)7-2/h7H,3,5-6H2,1-2H3/t4-/m1/s1. The fraction of sp³-hybridized carbons (Fsp3) is 1.00. The van der Waals surface area contributed by atoms with Gasteiger partial charge in [-0.3, -0.25) is 0 Å². The molecule has 0 unspecified atom stereocenters. The van der Waals surface area contributed by atoms with E-state index in [-0.39, 0.29) is 5.66 Å². The molecule has 0 aliphatic carbocycles. The minimum Gasteiger partial charge on any atom is -0.328 e. The summed E-state index contributed by atoms with van der Waals surface area (Å²) in [5, 5.41) is 2.84. The molecular formula is C4H13N3. The second kappa shape index (κ2) is 2.26. The molecule has 0 aromatic heterocycles. The molecule has 1 atom stereocenters. The van der Waals surface area contributed by atoms with Crippen molar-refractivity contribution in [3.8, 4) is 0 Å². The van der Waals surface area contributed by atoms with Crippen LogP contribution in [0, 0.1) is 0 Å². The Morgan fingerprint density at radius 3 is 2.14 bits per heavy atom. The average Bonchev–Trinajstić information content (AvgIpc) is 1.68. The van der Waals surface area contributed by atoms with Crippen LogP contribution >= 0.6 is 0 Å². The van der Waals surface area contributed by atoms with Crippen molar-refractivity contribution in [2.75, 3.05) is 13.6 Å². The molecular weight excluding hydrogens is 90.1 g/mol. The molecule has 0 saturated carbocycles. The summed E-state index contributed by atoms with van der Waals surface area (Å²) in [4.78, 5) is 0. The second-order valence-electron chi connectivity index (χ2n) is 1.87. The van der Waals surface area contributed by atoms with Crippen molar-refractivity contribution in [1.29, 1.82) is 0 Å². The van der Waals surface area contributed by atoms with E-state index in [1.54, 1.807) is 7.05 Å². The Hall–Kier alpha value is -0.120. The van der Waals surface area contributed by atoms with Gasteiger partial charge in [-0.15, -0.1) is 0 Å². The van der Waals surface area contributed by atoms with Gasteiger partial charge >= 0.3 is 0 Å². The largest absolute Gasteiger partial charge is 0.328 e. The Morgan fingerprint density at radius 1 is 1.71 bits per heavy atom. The molecule has 0 saturated heterocycles. The van der Waals surface area contributed by atoms with E-state index in [0.717, 1.165) is 0 Å². The number of rotatable bonds is 2. The molecule has 0 aromatic carbocycles. The molecule has 3 heteroatoms. The smallest absolute Gasteiger partial charge is 0.0756 e. The van der Waals surface area contributed by atoms with E-state index in [0.29, 0.717) is 6.54 Å². The maximum Gasteiger partial charge on any atom is 0.0756 e. The van der Waals surface area contributed by atoms with E-state index in [1.165, 1.54) is 0 Å². The van der Waals surface area contributed by atoms with Gasteiger partial charge in [-0.1, -0.05) is 0 Å². The van der Waals surface area contributed by atoms with Crippen LogP contribution in [0.4, 0.5) is 0 Å². The van der Waals surface area contributed by atoms with Gasteiger partial charge in [0.15, 0.2) is 0 Å². The Kier molecular flexibility index (Phi) is 2.22. The fourth-order valence-electron chi connectivity index (χ4n) is 0.102. The first-order valence-corrected chi connectivity index (χ1v) is 2.30. The summed E-state index contributed by atoms with van der Waals surface area (Å²) >= 11 is 0. The van der Waals surface area contributed by atoms with Gasteiger partial charge in [-0.2, -0.15) is 0 Å². The highest BCUT2D eigenvalue weighted by Crippen LogP contribution is 1.83. The minimum absolute atomic E-state index is 0.389. The molecule has 3 nitrogen and oxygen atoms in total. The van der Waals surface area contributed by atoms with Crippen molar-refractivity contribution in [1.82, 2.24) is 5.32 Å². The highest BCUT2D eigenvalue weighted by molar-refractivity contribution is 4.72. The van der Waals surface area contributed by atoms with Gasteiger partial charge in [-0.25, -0.2) is 0 Å². The summed E-state index contributed by atoms with van der Waals surface area (Å²) in [6, 6.07) is 0. The van der Waals surface area contributed by atoms with Crippen LogP contribution in [0.2, 0.25) is 0 Å². The van der Waals surface area contributed by atoms with Crippen LogP contribution in [0.15, 0.2) is 0 Å². The summed E-state index contributed by atoms with van der Waals surface area (Å²) in [5.74, 6) is 0. The third-order valence-electron chi connectivity index (χ3n) is 0.995. The average molecular weight is 103 g/mol. The zero-order valence-corrected chi connectivity index (χ0v) is 4.86. The number of hydrogen-bond acceptors (Lipinski definition) is 3. The summed E-state index contributed by atoms with van der Waals surface area (Å²) in [6.07, 6.45) is 0. The van der Waals surface area contributed by atoms with Crippen molar-refractivity contribution in [3.63, 3.8) is 0 Å². The molecule has 0 spiro atoms. The van der Waals surface area contributed by atoms with E-state index >= 15 is 0 Å². The molecule has 0 radical (unpaired) electrons. The highest BCUT2D eigenvalue weighted by Gasteiger charge is 2.09. The molecule has 7 heavy (non-hydrogen) atoms. The minimum atomic E-state index is -0.389. The third kappa shape index (κ3) is 2.56. The predicted octanol–water partition coefficient (Wildman–Crippen LogP) is -1.16. The van der Waals surface area contributed by atoms with Gasteiger partial charge in [0.1, 0.15) is 0 Å². The van der Waals surface area contributed by atoms with Crippen molar-refractivity contribution in [2.24, 2.45) is 11.5 Å². The van der Waals surface area contributed by atoms with E-state index in [4.69, 9.17) is 11.5 Å². The Morgan fingerprint density at radius 2 is 2.14 bits per heavy atom. The van der Waals surface area contributed by atoms with Crippen LogP contribution in [-0.4, -0.2) is 19.3 Å². The monoisotopic (exact) mass is 103 g/mol. The van der Waals surface area contributed by atoms with Crippen molar-refractivity contribution >= 4 is 0 Å². The first kappa shape index (κ1) is 6.88. The lowest BCUT2D eigenvalue weighted by molar-refractivity contribution is 0.411.